The minimum atomic E-state index is -2.70. The summed E-state index contributed by atoms with van der Waals surface area (Å²) < 4.78 is 32.0. The fraction of sp³-hybridized carbons (Fsp3) is 0.273. The number of carbonyl (C=O) groups excluding carboxylic acids is 2. The molecule has 0 spiro atoms. The number of fused-ring (bicyclic) bond motifs is 1. The maximum absolute atomic E-state index is 11.7. The number of benzene rings is 1. The third-order valence-electron chi connectivity index (χ3n) is 2.27. The smallest absolute Gasteiger partial charge is 0.341 e. The van der Waals surface area contributed by atoms with Gasteiger partial charge in [0.25, 0.3) is 5.91 Å². The number of halogens is 1. The summed E-state index contributed by atoms with van der Waals surface area (Å²) in [5.41, 5.74) is -0.106. The summed E-state index contributed by atoms with van der Waals surface area (Å²) in [4.78, 5) is 24.0. The zero-order chi connectivity index (χ0) is 15.1. The van der Waals surface area contributed by atoms with E-state index in [4.69, 9.17) is 20.5 Å². The van der Waals surface area contributed by atoms with Crippen molar-refractivity contribution in [3.63, 3.8) is 0 Å². The molecule has 1 aliphatic rings. The molecule has 1 aliphatic heterocycles. The molecule has 1 amide bonds. The van der Waals surface area contributed by atoms with Crippen molar-refractivity contribution in [3.8, 4) is 5.75 Å². The number of nitrogens with zero attached hydrogens (tertiary/aromatic N) is 1. The number of anilines is 1. The molecule has 90 valence electrons. The highest BCUT2D eigenvalue weighted by molar-refractivity contribution is 6.31. The molecule has 0 atom stereocenters. The molecule has 0 unspecified atom stereocenters. The number of hydrogen-bond acceptors (Lipinski definition) is 4. The van der Waals surface area contributed by atoms with Crippen LogP contribution in [0.2, 0.25) is 5.02 Å². The molecule has 0 aromatic heterocycles. The van der Waals surface area contributed by atoms with Gasteiger partial charge in [-0.3, -0.25) is 4.79 Å². The molecule has 1 aromatic carbocycles. The van der Waals surface area contributed by atoms with Crippen molar-refractivity contribution in [2.45, 2.75) is 0 Å². The van der Waals surface area contributed by atoms with Crippen molar-refractivity contribution >= 4 is 29.2 Å². The number of hydrogen-bond donors (Lipinski definition) is 0. The first-order valence-electron chi connectivity index (χ1n) is 6.13. The number of carbonyl (C=O) groups is 2. The lowest BCUT2D eigenvalue weighted by Crippen LogP contribution is -2.36. The van der Waals surface area contributed by atoms with E-state index in [2.05, 4.69) is 4.74 Å². The summed E-state index contributed by atoms with van der Waals surface area (Å²) in [5.74, 6) is -1.50. The Bertz CT molecular complexity index is 588. The van der Waals surface area contributed by atoms with E-state index in [1.807, 2.05) is 0 Å². The van der Waals surface area contributed by atoms with Crippen molar-refractivity contribution in [2.75, 3.05) is 25.6 Å². The second kappa shape index (κ2) is 4.25. The van der Waals surface area contributed by atoms with Crippen LogP contribution in [0.25, 0.3) is 0 Å². The third kappa shape index (κ3) is 1.93. The zero-order valence-corrected chi connectivity index (χ0v) is 9.58. The first-order chi connectivity index (χ1) is 9.25. The standard InChI is InChI=1S/C11H10ClNO4/c1-13-8-4-6(12)3-7(11(15)16-2)10(8)17-5-9(13)14/h3-4H,5H2,1-2H3/i1+1D3. The normalized spacial score (nSPS) is 17.4. The van der Waals surface area contributed by atoms with Crippen molar-refractivity contribution < 1.29 is 23.2 Å². The quantitative estimate of drug-likeness (QED) is 0.566. The van der Waals surface area contributed by atoms with Gasteiger partial charge in [0.1, 0.15) is 5.56 Å². The number of ether oxygens (including phenoxy) is 2. The Morgan fingerprint density at radius 3 is 3.06 bits per heavy atom. The Balaban J connectivity index is 2.67. The first-order valence-corrected chi connectivity index (χ1v) is 5.01. The van der Waals surface area contributed by atoms with Gasteiger partial charge in [-0.05, 0) is 12.1 Å². The van der Waals surface area contributed by atoms with Gasteiger partial charge in [0.05, 0.1) is 12.8 Å². The molecule has 2 rings (SSSR count). The summed E-state index contributed by atoms with van der Waals surface area (Å²) in [6, 6.07) is 2.55. The summed E-state index contributed by atoms with van der Waals surface area (Å²) in [7, 11) is 1.17. The fourth-order valence-electron chi connectivity index (χ4n) is 1.49. The second-order valence-corrected chi connectivity index (χ2v) is 3.75. The van der Waals surface area contributed by atoms with Crippen LogP contribution < -0.4 is 9.64 Å². The fourth-order valence-corrected chi connectivity index (χ4v) is 1.70. The molecule has 0 saturated heterocycles. The van der Waals surface area contributed by atoms with Crippen LogP contribution in [0.3, 0.4) is 0 Å². The zero-order valence-electron chi connectivity index (χ0n) is 11.8. The topological polar surface area (TPSA) is 55.8 Å². The Morgan fingerprint density at radius 1 is 1.65 bits per heavy atom. The van der Waals surface area contributed by atoms with Crippen molar-refractivity contribution in [1.29, 1.82) is 0 Å². The maximum atomic E-state index is 11.7. The SMILES string of the molecule is [2H][13C]([2H])([2H])N1C(=O)COc2c(C(=O)OC)cc(Cl)cc21. The summed E-state index contributed by atoms with van der Waals surface area (Å²) in [6.45, 7) is -3.18. The second-order valence-electron chi connectivity index (χ2n) is 3.31. The Kier molecular flexibility index (Phi) is 2.09. The van der Waals surface area contributed by atoms with Gasteiger partial charge in [-0.15, -0.1) is 0 Å². The molecule has 0 saturated carbocycles. The Hall–Kier alpha value is -1.75. The van der Waals surface area contributed by atoms with Gasteiger partial charge >= 0.3 is 5.97 Å². The van der Waals surface area contributed by atoms with Crippen LogP contribution in [0.5, 0.6) is 5.75 Å². The molecule has 5 nitrogen and oxygen atoms in total. The van der Waals surface area contributed by atoms with Crippen molar-refractivity contribution in [3.05, 3.63) is 22.7 Å². The first kappa shape index (κ1) is 8.36. The van der Waals surface area contributed by atoms with E-state index in [0.717, 1.165) is 0 Å². The molecule has 0 aliphatic carbocycles. The van der Waals surface area contributed by atoms with Gasteiger partial charge in [0.2, 0.25) is 0 Å². The van der Waals surface area contributed by atoms with Gasteiger partial charge in [-0.25, -0.2) is 4.79 Å². The van der Waals surface area contributed by atoms with Gasteiger partial charge in [0, 0.05) is 16.1 Å². The number of methoxy groups -OCH3 is 1. The molecule has 17 heavy (non-hydrogen) atoms. The molecule has 0 fully saturated rings. The molecule has 0 radical (unpaired) electrons. The average Bonchev–Trinajstić information content (AvgIpc) is 2.34. The predicted octanol–water partition coefficient (Wildman–Crippen LogP) is 1.48. The highest BCUT2D eigenvalue weighted by Gasteiger charge is 2.28. The lowest BCUT2D eigenvalue weighted by molar-refractivity contribution is -0.121. The average molecular weight is 260 g/mol. The highest BCUT2D eigenvalue weighted by Crippen LogP contribution is 2.37. The Labute approximate surface area is 107 Å². The van der Waals surface area contributed by atoms with Crippen LogP contribution in [0.4, 0.5) is 5.69 Å². The maximum Gasteiger partial charge on any atom is 0.341 e. The van der Waals surface area contributed by atoms with E-state index in [0.29, 0.717) is 4.90 Å². The lowest BCUT2D eigenvalue weighted by atomic mass is 10.1. The molecule has 6 heteroatoms. The molecule has 0 bridgehead atoms. The predicted molar refractivity (Wildman–Crippen MR) is 61.7 cm³/mol. The van der Waals surface area contributed by atoms with E-state index < -0.39 is 25.5 Å². The van der Waals surface area contributed by atoms with Crippen LogP contribution in [-0.2, 0) is 9.53 Å². The van der Waals surface area contributed by atoms with Crippen LogP contribution >= 0.6 is 11.6 Å². The van der Waals surface area contributed by atoms with Gasteiger partial charge < -0.3 is 14.4 Å². The van der Waals surface area contributed by atoms with Crippen molar-refractivity contribution in [1.82, 2.24) is 0 Å². The van der Waals surface area contributed by atoms with E-state index in [1.165, 1.54) is 19.2 Å². The number of esters is 1. The molecule has 1 heterocycles. The largest absolute Gasteiger partial charge is 0.481 e. The molecular weight excluding hydrogens is 247 g/mol. The lowest BCUT2D eigenvalue weighted by Gasteiger charge is -2.27. The van der Waals surface area contributed by atoms with Crippen LogP contribution in [0.15, 0.2) is 12.1 Å². The summed E-state index contributed by atoms with van der Waals surface area (Å²) in [5, 5.41) is 0.0942. The highest BCUT2D eigenvalue weighted by atomic mass is 35.5. The number of likely N-dealkylation sites (N-methyl/N-ethyl adjacent to an activating group) is 1. The van der Waals surface area contributed by atoms with Gasteiger partial charge in [-0.1, -0.05) is 11.6 Å². The van der Waals surface area contributed by atoms with Crippen LogP contribution in [0.1, 0.15) is 14.5 Å². The van der Waals surface area contributed by atoms with Crippen LogP contribution in [-0.4, -0.2) is 32.6 Å². The summed E-state index contributed by atoms with van der Waals surface area (Å²) >= 11 is 5.86. The van der Waals surface area contributed by atoms with E-state index in [9.17, 15) is 9.59 Å². The monoisotopic (exact) mass is 259 g/mol. The van der Waals surface area contributed by atoms with E-state index >= 15 is 0 Å². The molecular formula is C11H10ClNO4. The molecule has 0 N–H and O–H groups in total. The van der Waals surface area contributed by atoms with Crippen LogP contribution in [0, 0.1) is 0 Å². The minimum Gasteiger partial charge on any atom is -0.481 e. The van der Waals surface area contributed by atoms with Crippen molar-refractivity contribution in [2.24, 2.45) is 0 Å². The van der Waals surface area contributed by atoms with Gasteiger partial charge in [0.15, 0.2) is 12.4 Å². The number of rotatable bonds is 1. The third-order valence-corrected chi connectivity index (χ3v) is 2.49. The summed E-state index contributed by atoms with van der Waals surface area (Å²) in [6.07, 6.45) is 0. The molecule has 1 aromatic rings. The Morgan fingerprint density at radius 2 is 2.41 bits per heavy atom. The minimum absolute atomic E-state index is 0.0306. The van der Waals surface area contributed by atoms with E-state index in [-0.39, 0.29) is 22.0 Å². The van der Waals surface area contributed by atoms with E-state index in [1.54, 1.807) is 0 Å². The van der Waals surface area contributed by atoms with Gasteiger partial charge in [-0.2, -0.15) is 0 Å². The number of amides is 1.